The lowest BCUT2D eigenvalue weighted by Crippen LogP contribution is -2.48. The van der Waals surface area contributed by atoms with Gasteiger partial charge in [0.25, 0.3) is 0 Å². The molecule has 10 nitrogen and oxygen atoms in total. The molecule has 0 aromatic heterocycles. The molecule has 2 aromatic carbocycles. The van der Waals surface area contributed by atoms with Crippen LogP contribution in [0.5, 0.6) is 5.75 Å². The predicted octanol–water partition coefficient (Wildman–Crippen LogP) is 3.37. The quantitative estimate of drug-likeness (QED) is 0.119. The van der Waals surface area contributed by atoms with Crippen LogP contribution in [0.2, 0.25) is 0 Å². The first-order chi connectivity index (χ1) is 18.1. The number of fused-ring (bicyclic) bond motifs is 1. The van der Waals surface area contributed by atoms with Gasteiger partial charge in [0.05, 0.1) is 5.56 Å². The Balaban J connectivity index is 1.45. The van der Waals surface area contributed by atoms with E-state index in [-0.39, 0.29) is 5.56 Å². The summed E-state index contributed by atoms with van der Waals surface area (Å²) in [7, 11) is -5.74. The normalized spacial score (nSPS) is 27.0. The van der Waals surface area contributed by atoms with Gasteiger partial charge < -0.3 is 18.9 Å². The van der Waals surface area contributed by atoms with Crippen LogP contribution < -0.4 is 4.74 Å². The van der Waals surface area contributed by atoms with Gasteiger partial charge in [0.1, 0.15) is 24.0 Å². The predicted molar refractivity (Wildman–Crippen MR) is 141 cm³/mol. The molecular weight excluding hydrogens is 901 g/mol. The lowest BCUT2D eigenvalue weighted by atomic mass is 9.78. The minimum Gasteiger partial charge on any atom is -0.455 e. The van der Waals surface area contributed by atoms with Crippen molar-refractivity contribution in [2.24, 2.45) is 11.8 Å². The van der Waals surface area contributed by atoms with Crippen molar-refractivity contribution in [1.29, 1.82) is 0 Å². The second-order valence-corrected chi connectivity index (χ2v) is 13.3. The summed E-state index contributed by atoms with van der Waals surface area (Å²) in [6, 6.07) is 3.35. The number of carbonyl (C=O) groups is 3. The number of hydrogen-bond donors (Lipinski definition) is 1. The van der Waals surface area contributed by atoms with E-state index in [4.69, 9.17) is 18.8 Å². The number of esters is 3. The first-order valence-corrected chi connectivity index (χ1v) is 15.1. The van der Waals surface area contributed by atoms with E-state index >= 15 is 0 Å². The fraction of sp³-hybridized carbons (Fsp3) is 0.286. The number of halogens is 7. The molecule has 2 aromatic rings. The molecule has 6 atom stereocenters. The van der Waals surface area contributed by atoms with Gasteiger partial charge in [-0.2, -0.15) is 17.2 Å². The Morgan fingerprint density at radius 3 is 2.15 bits per heavy atom. The third-order valence-electron chi connectivity index (χ3n) is 6.28. The van der Waals surface area contributed by atoms with Crippen molar-refractivity contribution < 1.29 is 63.9 Å². The Kier molecular flexibility index (Phi) is 7.59. The van der Waals surface area contributed by atoms with Crippen LogP contribution in [0.15, 0.2) is 17.0 Å². The second kappa shape index (κ2) is 10.2. The van der Waals surface area contributed by atoms with Crippen LogP contribution in [0, 0.1) is 45.8 Å². The zero-order valence-electron chi connectivity index (χ0n) is 18.3. The van der Waals surface area contributed by atoms with E-state index in [0.29, 0.717) is 7.14 Å². The van der Waals surface area contributed by atoms with Gasteiger partial charge in [-0.1, -0.05) is 0 Å². The van der Waals surface area contributed by atoms with E-state index < -0.39 is 98.2 Å². The first-order valence-electron chi connectivity index (χ1n) is 10.4. The number of rotatable bonds is 5. The van der Waals surface area contributed by atoms with Crippen molar-refractivity contribution in [2.75, 3.05) is 0 Å². The summed E-state index contributed by atoms with van der Waals surface area (Å²) in [5.74, 6) is -18.3. The average Bonchev–Trinajstić information content (AvgIpc) is 3.45. The molecule has 39 heavy (non-hydrogen) atoms. The van der Waals surface area contributed by atoms with Gasteiger partial charge in [-0.15, -0.1) is 0 Å². The maximum atomic E-state index is 14.4. The van der Waals surface area contributed by atoms with Crippen LogP contribution in [-0.4, -0.2) is 55.3 Å². The van der Waals surface area contributed by atoms with Crippen LogP contribution in [0.4, 0.5) is 17.6 Å². The molecule has 3 heterocycles. The summed E-state index contributed by atoms with van der Waals surface area (Å²) >= 11 is 5.93. The van der Waals surface area contributed by atoms with E-state index in [0.717, 1.165) is 3.57 Å². The summed E-state index contributed by atoms with van der Waals surface area (Å²) < 4.78 is 111. The highest BCUT2D eigenvalue weighted by molar-refractivity contribution is 14.1. The maximum absolute atomic E-state index is 14.4. The molecule has 3 aliphatic rings. The van der Waals surface area contributed by atoms with E-state index in [2.05, 4.69) is 4.74 Å². The molecule has 0 spiro atoms. The van der Waals surface area contributed by atoms with E-state index in [1.54, 1.807) is 6.07 Å². The molecule has 0 radical (unpaired) electrons. The summed E-state index contributed by atoms with van der Waals surface area (Å²) in [4.78, 5) is 36.2. The minimum absolute atomic E-state index is 0.170. The van der Waals surface area contributed by atoms with Gasteiger partial charge in [-0.05, 0) is 79.9 Å². The first kappa shape index (κ1) is 29.1. The summed E-state index contributed by atoms with van der Waals surface area (Å²) in [6.45, 7) is 0. The number of carbonyl (C=O) groups excluding carboxylic acids is 3. The molecule has 5 rings (SSSR count). The Hall–Kier alpha value is -1.37. The van der Waals surface area contributed by atoms with Gasteiger partial charge in [-0.25, -0.2) is 13.6 Å². The molecule has 3 aliphatic heterocycles. The van der Waals surface area contributed by atoms with Gasteiger partial charge in [0.15, 0.2) is 28.7 Å². The zero-order chi connectivity index (χ0) is 28.7. The highest BCUT2D eigenvalue weighted by Crippen LogP contribution is 2.52. The van der Waals surface area contributed by atoms with Crippen molar-refractivity contribution in [3.63, 3.8) is 0 Å². The highest BCUT2D eigenvalue weighted by Gasteiger charge is 2.72. The largest absolute Gasteiger partial charge is 0.455 e. The van der Waals surface area contributed by atoms with Crippen LogP contribution in [0.3, 0.4) is 0 Å². The number of hydrogen-bond acceptors (Lipinski definition) is 9. The zero-order valence-corrected chi connectivity index (χ0v) is 25.6. The number of ether oxygens (including phenoxy) is 4. The van der Waals surface area contributed by atoms with Crippen molar-refractivity contribution in [1.82, 2.24) is 0 Å². The van der Waals surface area contributed by atoms with Crippen molar-refractivity contribution in [3.05, 3.63) is 51.7 Å². The lowest BCUT2D eigenvalue weighted by Gasteiger charge is -2.27. The highest BCUT2D eigenvalue weighted by atomic mass is 127. The molecule has 208 valence electrons. The molecule has 6 unspecified atom stereocenters. The fourth-order valence-electron chi connectivity index (χ4n) is 4.71. The van der Waals surface area contributed by atoms with Crippen LogP contribution >= 0.6 is 67.8 Å². The van der Waals surface area contributed by atoms with Gasteiger partial charge in [0.2, 0.25) is 17.4 Å². The SMILES string of the molecule is O=C(OC1C2OC(=O)C3C2OC1C3C(=O)Oc1c(F)c(F)c(S(=O)(=O)O)c(F)c1F)c1cc(I)cc(I)c1I. The van der Waals surface area contributed by atoms with Gasteiger partial charge in [0, 0.05) is 10.7 Å². The average molecular weight is 910 g/mol. The Morgan fingerprint density at radius 1 is 0.949 bits per heavy atom. The summed E-state index contributed by atoms with van der Waals surface area (Å²) in [5, 5.41) is 0. The molecule has 0 saturated carbocycles. The molecule has 3 saturated heterocycles. The topological polar surface area (TPSA) is 142 Å². The second-order valence-electron chi connectivity index (χ2n) is 8.45. The Labute approximate surface area is 256 Å². The summed E-state index contributed by atoms with van der Waals surface area (Å²) in [6.07, 6.45) is -4.94. The standard InChI is InChI=1S/C21H9F4I3O10S/c22-8-10(24)18(39(32,33)34)11(25)9(23)15(8)36-20(30)6-7-14-17(38-21(7)31)16(13(6)35-14)37-19(29)4-1-3(26)2-5(27)12(4)28/h1-2,6-7,13-14,16-17H,(H,32,33,34). The van der Waals surface area contributed by atoms with Crippen molar-refractivity contribution in [3.8, 4) is 5.75 Å². The van der Waals surface area contributed by atoms with Crippen LogP contribution in [0.1, 0.15) is 10.4 Å². The third-order valence-corrected chi connectivity index (χ3v) is 10.8. The third kappa shape index (κ3) is 4.70. The number of benzene rings is 2. The molecule has 0 amide bonds. The maximum Gasteiger partial charge on any atom is 0.339 e. The fourth-order valence-corrected chi connectivity index (χ4v) is 7.72. The van der Waals surface area contributed by atoms with E-state index in [1.807, 2.05) is 73.8 Å². The van der Waals surface area contributed by atoms with Gasteiger partial charge >= 0.3 is 28.0 Å². The molecule has 2 bridgehead atoms. The molecule has 0 aliphatic carbocycles. The van der Waals surface area contributed by atoms with E-state index in [9.17, 15) is 40.4 Å². The molecular formula is C21H9F4I3O10S. The molecule has 3 fully saturated rings. The smallest absolute Gasteiger partial charge is 0.339 e. The van der Waals surface area contributed by atoms with Gasteiger partial charge in [-0.3, -0.25) is 14.1 Å². The Bertz CT molecular complexity index is 1560. The monoisotopic (exact) mass is 910 g/mol. The molecule has 18 heteroatoms. The summed E-state index contributed by atoms with van der Waals surface area (Å²) in [5.41, 5.74) is 0.170. The Morgan fingerprint density at radius 2 is 1.56 bits per heavy atom. The lowest BCUT2D eigenvalue weighted by molar-refractivity contribution is -0.150. The molecule has 1 N–H and O–H groups in total. The van der Waals surface area contributed by atoms with E-state index in [1.165, 1.54) is 0 Å². The van der Waals surface area contributed by atoms with Crippen LogP contribution in [-0.2, 0) is 33.9 Å². The van der Waals surface area contributed by atoms with Crippen molar-refractivity contribution >= 4 is 95.8 Å². The minimum atomic E-state index is -5.74. The van der Waals surface area contributed by atoms with Crippen molar-refractivity contribution in [2.45, 2.75) is 29.3 Å². The van der Waals surface area contributed by atoms with Crippen LogP contribution in [0.25, 0.3) is 0 Å².